The molecule has 20 heavy (non-hydrogen) atoms. The molecule has 0 bridgehead atoms. The van der Waals surface area contributed by atoms with E-state index in [4.69, 9.17) is 4.74 Å². The number of carbonyl (C=O) groups excluding carboxylic acids is 1. The topological polar surface area (TPSA) is 53.6 Å². The van der Waals surface area contributed by atoms with Crippen LogP contribution in [-0.4, -0.2) is 55.9 Å². The molecule has 0 aliphatic carbocycles. The zero-order chi connectivity index (χ0) is 15.0. The van der Waals surface area contributed by atoms with Crippen molar-refractivity contribution in [2.24, 2.45) is 5.92 Å². The maximum absolute atomic E-state index is 11.4. The van der Waals surface area contributed by atoms with Crippen LogP contribution in [0.5, 0.6) is 0 Å². The molecular weight excluding hydrogens is 254 g/mol. The first-order chi connectivity index (χ1) is 9.37. The van der Waals surface area contributed by atoms with E-state index in [2.05, 4.69) is 22.5 Å². The Morgan fingerprint density at radius 3 is 2.45 bits per heavy atom. The van der Waals surface area contributed by atoms with E-state index in [9.17, 15) is 4.79 Å². The summed E-state index contributed by atoms with van der Waals surface area (Å²) in [6, 6.07) is 0. The molecule has 1 aliphatic rings. The van der Waals surface area contributed by atoms with Crippen LogP contribution in [0.3, 0.4) is 0 Å². The molecule has 0 spiro atoms. The number of nitrogens with one attached hydrogen (secondary N) is 2. The normalized spacial score (nSPS) is 18.0. The molecule has 5 nitrogen and oxygen atoms in total. The highest BCUT2D eigenvalue weighted by Gasteiger charge is 2.16. The lowest BCUT2D eigenvalue weighted by Gasteiger charge is -2.30. The molecule has 0 saturated carbocycles. The first-order valence-electron chi connectivity index (χ1n) is 7.77. The van der Waals surface area contributed by atoms with Crippen molar-refractivity contribution in [1.29, 1.82) is 0 Å². The quantitative estimate of drug-likeness (QED) is 0.731. The smallest absolute Gasteiger partial charge is 0.407 e. The maximum atomic E-state index is 11.4. The largest absolute Gasteiger partial charge is 0.444 e. The molecule has 1 aliphatic heterocycles. The van der Waals surface area contributed by atoms with Gasteiger partial charge in [-0.25, -0.2) is 4.79 Å². The van der Waals surface area contributed by atoms with Gasteiger partial charge < -0.3 is 20.3 Å². The molecule has 0 aromatic heterocycles. The second-order valence-corrected chi connectivity index (χ2v) is 6.70. The van der Waals surface area contributed by atoms with Crippen LogP contribution in [0.2, 0.25) is 0 Å². The van der Waals surface area contributed by atoms with Crippen molar-refractivity contribution in [3.63, 3.8) is 0 Å². The van der Waals surface area contributed by atoms with Gasteiger partial charge in [0.15, 0.2) is 0 Å². The number of carbonyl (C=O) groups is 1. The number of ether oxygens (including phenoxy) is 1. The summed E-state index contributed by atoms with van der Waals surface area (Å²) in [7, 11) is 0. The summed E-state index contributed by atoms with van der Waals surface area (Å²) in [5.41, 5.74) is -0.428. The minimum atomic E-state index is -0.428. The number of amides is 1. The Bertz CT molecular complexity index is 281. The summed E-state index contributed by atoms with van der Waals surface area (Å²) in [4.78, 5) is 13.9. The highest BCUT2D eigenvalue weighted by Crippen LogP contribution is 2.14. The lowest BCUT2D eigenvalue weighted by atomic mass is 9.99. The van der Waals surface area contributed by atoms with Crippen molar-refractivity contribution >= 4 is 6.09 Å². The van der Waals surface area contributed by atoms with Crippen LogP contribution >= 0.6 is 0 Å². The number of rotatable bonds is 6. The van der Waals surface area contributed by atoms with Gasteiger partial charge in [0.1, 0.15) is 5.60 Å². The number of hydrogen-bond donors (Lipinski definition) is 2. The number of nitrogens with zero attached hydrogens (tertiary/aromatic N) is 1. The van der Waals surface area contributed by atoms with Gasteiger partial charge in [0.25, 0.3) is 0 Å². The summed E-state index contributed by atoms with van der Waals surface area (Å²) in [6.07, 6.45) is 2.30. The molecule has 1 amide bonds. The number of hydrogen-bond acceptors (Lipinski definition) is 4. The van der Waals surface area contributed by atoms with Crippen LogP contribution in [0.25, 0.3) is 0 Å². The number of alkyl carbamates (subject to hydrolysis) is 1. The Balaban J connectivity index is 1.93. The average molecular weight is 285 g/mol. The van der Waals surface area contributed by atoms with E-state index in [0.29, 0.717) is 6.54 Å². The van der Waals surface area contributed by atoms with Gasteiger partial charge >= 0.3 is 6.09 Å². The van der Waals surface area contributed by atoms with Gasteiger partial charge in [-0.3, -0.25) is 0 Å². The van der Waals surface area contributed by atoms with Crippen molar-refractivity contribution in [2.45, 2.75) is 46.1 Å². The van der Waals surface area contributed by atoms with Crippen LogP contribution in [0.15, 0.2) is 0 Å². The van der Waals surface area contributed by atoms with Crippen molar-refractivity contribution in [3.05, 3.63) is 0 Å². The fourth-order valence-electron chi connectivity index (χ4n) is 2.21. The van der Waals surface area contributed by atoms with Crippen LogP contribution in [0.1, 0.15) is 40.5 Å². The number of piperidine rings is 1. The van der Waals surface area contributed by atoms with Gasteiger partial charge in [0.05, 0.1) is 0 Å². The lowest BCUT2D eigenvalue weighted by molar-refractivity contribution is 0.0528. The predicted molar refractivity (Wildman–Crippen MR) is 81.9 cm³/mol. The highest BCUT2D eigenvalue weighted by atomic mass is 16.6. The molecule has 5 heteroatoms. The Kier molecular flexibility index (Phi) is 7.30. The third-order valence-corrected chi connectivity index (χ3v) is 3.45. The molecule has 0 radical (unpaired) electrons. The Labute approximate surface area is 123 Å². The molecule has 0 atom stereocenters. The Morgan fingerprint density at radius 1 is 1.20 bits per heavy atom. The molecule has 1 saturated heterocycles. The molecule has 1 rings (SSSR count). The van der Waals surface area contributed by atoms with Crippen molar-refractivity contribution in [3.8, 4) is 0 Å². The fourth-order valence-corrected chi connectivity index (χ4v) is 2.21. The van der Waals surface area contributed by atoms with E-state index in [1.807, 2.05) is 20.8 Å². The Morgan fingerprint density at radius 2 is 1.85 bits per heavy atom. The predicted octanol–water partition coefficient (Wildman–Crippen LogP) is 1.83. The zero-order valence-corrected chi connectivity index (χ0v) is 13.5. The maximum Gasteiger partial charge on any atom is 0.407 e. The van der Waals surface area contributed by atoms with E-state index >= 15 is 0 Å². The van der Waals surface area contributed by atoms with E-state index in [0.717, 1.165) is 25.6 Å². The number of likely N-dealkylation sites (tertiary alicyclic amines) is 1. The zero-order valence-electron chi connectivity index (χ0n) is 13.5. The van der Waals surface area contributed by atoms with Gasteiger partial charge in [-0.1, -0.05) is 6.92 Å². The molecule has 0 unspecified atom stereocenters. The highest BCUT2D eigenvalue weighted by molar-refractivity contribution is 5.67. The van der Waals surface area contributed by atoms with E-state index in [-0.39, 0.29) is 6.09 Å². The van der Waals surface area contributed by atoms with Crippen LogP contribution in [-0.2, 0) is 4.74 Å². The Hall–Kier alpha value is -0.810. The first kappa shape index (κ1) is 17.2. The van der Waals surface area contributed by atoms with Crippen molar-refractivity contribution in [1.82, 2.24) is 15.5 Å². The van der Waals surface area contributed by atoms with Crippen LogP contribution in [0.4, 0.5) is 4.79 Å². The molecule has 118 valence electrons. The minimum Gasteiger partial charge on any atom is -0.444 e. The van der Waals surface area contributed by atoms with E-state index in [1.165, 1.54) is 25.9 Å². The van der Waals surface area contributed by atoms with E-state index < -0.39 is 5.60 Å². The van der Waals surface area contributed by atoms with Gasteiger partial charge in [-0.15, -0.1) is 0 Å². The fraction of sp³-hybridized carbons (Fsp3) is 0.933. The van der Waals surface area contributed by atoms with Gasteiger partial charge in [-0.05, 0) is 52.6 Å². The molecule has 2 N–H and O–H groups in total. The van der Waals surface area contributed by atoms with Gasteiger partial charge in [-0.2, -0.15) is 0 Å². The summed E-state index contributed by atoms with van der Waals surface area (Å²) >= 11 is 0. The summed E-state index contributed by atoms with van der Waals surface area (Å²) in [6.45, 7) is 13.8. The third kappa shape index (κ3) is 8.38. The standard InChI is InChI=1S/C15H31N3O2/c1-13-5-10-18(11-6-13)12-9-16-7-8-17-14(19)20-15(2,3)4/h13,16H,5-12H2,1-4H3,(H,17,19). The summed E-state index contributed by atoms with van der Waals surface area (Å²) in [5, 5.41) is 6.10. The third-order valence-electron chi connectivity index (χ3n) is 3.45. The van der Waals surface area contributed by atoms with Gasteiger partial charge in [0.2, 0.25) is 0 Å². The summed E-state index contributed by atoms with van der Waals surface area (Å²) in [5.74, 6) is 0.886. The van der Waals surface area contributed by atoms with Crippen LogP contribution in [0, 0.1) is 5.92 Å². The molecule has 0 aromatic rings. The van der Waals surface area contributed by atoms with Crippen LogP contribution < -0.4 is 10.6 Å². The van der Waals surface area contributed by atoms with E-state index in [1.54, 1.807) is 0 Å². The monoisotopic (exact) mass is 285 g/mol. The molecule has 1 fully saturated rings. The SMILES string of the molecule is CC1CCN(CCNCCNC(=O)OC(C)(C)C)CC1. The second-order valence-electron chi connectivity index (χ2n) is 6.70. The summed E-state index contributed by atoms with van der Waals surface area (Å²) < 4.78 is 5.16. The minimum absolute atomic E-state index is 0.343. The molecule has 0 aromatic carbocycles. The lowest BCUT2D eigenvalue weighted by Crippen LogP contribution is -2.40. The van der Waals surface area contributed by atoms with Gasteiger partial charge in [0, 0.05) is 26.2 Å². The molecular formula is C15H31N3O2. The first-order valence-corrected chi connectivity index (χ1v) is 7.77. The molecule has 1 heterocycles. The second kappa shape index (κ2) is 8.47. The average Bonchev–Trinajstić information content (AvgIpc) is 2.33. The van der Waals surface area contributed by atoms with Crippen molar-refractivity contribution in [2.75, 3.05) is 39.3 Å². The van der Waals surface area contributed by atoms with Crippen molar-refractivity contribution < 1.29 is 9.53 Å².